The van der Waals surface area contributed by atoms with Crippen LogP contribution in [-0.2, 0) is 35.5 Å². The Morgan fingerprint density at radius 3 is 1.81 bits per heavy atom. The van der Waals surface area contributed by atoms with Crippen LogP contribution in [0.2, 0.25) is 26.6 Å². The minimum Gasteiger partial charge on any atom is -0.494 e. The van der Waals surface area contributed by atoms with Crippen molar-refractivity contribution in [3.8, 4) is 5.75 Å². The van der Waals surface area contributed by atoms with E-state index in [4.69, 9.17) is 6.15 Å². The van der Waals surface area contributed by atoms with Crippen LogP contribution in [0.5, 0.6) is 5.75 Å². The van der Waals surface area contributed by atoms with Crippen molar-refractivity contribution in [2.45, 2.75) is 272 Å². The maximum atomic E-state index is 12.4. The van der Waals surface area contributed by atoms with E-state index >= 15 is 0 Å². The average Bonchev–Trinajstić information content (AvgIpc) is 3.73. The van der Waals surface area contributed by atoms with Crippen molar-refractivity contribution in [3.63, 3.8) is 0 Å². The molecule has 4 aromatic rings. The van der Waals surface area contributed by atoms with Crippen molar-refractivity contribution in [2.24, 2.45) is 0 Å². The van der Waals surface area contributed by atoms with E-state index in [1.165, 1.54) is 160 Å². The van der Waals surface area contributed by atoms with Crippen molar-refractivity contribution in [3.05, 3.63) is 83.2 Å². The first-order valence-corrected chi connectivity index (χ1v) is 49.1. The molecule has 474 valence electrons. The van der Waals surface area contributed by atoms with Crippen LogP contribution >= 0.6 is 0 Å². The summed E-state index contributed by atoms with van der Waals surface area (Å²) in [4.78, 5) is 43.6. The fourth-order valence-electron chi connectivity index (χ4n) is 11.9. The number of carbonyl (C=O) groups excluding carboxylic acids is 3. The Hall–Kier alpha value is -3.89. The van der Waals surface area contributed by atoms with Gasteiger partial charge in [0.1, 0.15) is 11.4 Å². The average molecular weight is 1410 g/mol. The number of rotatable bonds is 34. The van der Waals surface area contributed by atoms with E-state index in [1.54, 1.807) is 19.1 Å². The molecule has 2 aliphatic carbocycles. The van der Waals surface area contributed by atoms with Gasteiger partial charge >= 0.3 is 190 Å². The molecule has 0 atom stereocenters. The van der Waals surface area contributed by atoms with Gasteiger partial charge in [-0.3, -0.25) is 14.6 Å². The van der Waals surface area contributed by atoms with E-state index in [9.17, 15) is 22.8 Å². The molecular formula is C65H108N10O7SSn2. The van der Waals surface area contributed by atoms with Crippen molar-refractivity contribution >= 4 is 71.1 Å². The number of tetrazole rings is 1. The number of aryl methyl sites for hydroxylation is 3. The molecule has 0 spiro atoms. The van der Waals surface area contributed by atoms with Crippen LogP contribution < -0.4 is 25.4 Å². The zero-order chi connectivity index (χ0) is 61.2. The molecule has 4 amide bonds. The van der Waals surface area contributed by atoms with Crippen LogP contribution in [0.3, 0.4) is 0 Å². The second-order valence-corrected chi connectivity index (χ2v) is 52.4. The number of nitrogens with one attached hydrogen (secondary N) is 4. The van der Waals surface area contributed by atoms with Crippen LogP contribution in [0.15, 0.2) is 59.8 Å². The summed E-state index contributed by atoms with van der Waals surface area (Å²) in [6.45, 7) is 17.2. The molecule has 0 saturated heterocycles. The molecule has 2 fully saturated rings. The largest absolute Gasteiger partial charge is 0.494 e. The summed E-state index contributed by atoms with van der Waals surface area (Å²) in [7, 11) is -3.95. The van der Waals surface area contributed by atoms with Crippen molar-refractivity contribution in [2.75, 3.05) is 18.5 Å². The molecule has 4 N–H and O–H groups in total. The van der Waals surface area contributed by atoms with Gasteiger partial charge in [0.05, 0.1) is 29.4 Å². The van der Waals surface area contributed by atoms with E-state index in [-0.39, 0.29) is 28.4 Å². The zero-order valence-electron chi connectivity index (χ0n) is 53.3. The first-order chi connectivity index (χ1) is 41.2. The van der Waals surface area contributed by atoms with Gasteiger partial charge in [0.2, 0.25) is 5.91 Å². The van der Waals surface area contributed by atoms with Gasteiger partial charge in [-0.15, -0.1) is 5.10 Å². The smallest absolute Gasteiger partial charge is 0.328 e. The number of benzene rings is 2. The molecule has 7 rings (SSSR count). The molecule has 0 unspecified atom stereocenters. The summed E-state index contributed by atoms with van der Waals surface area (Å²) in [5.74, 6) is 1.65. The Labute approximate surface area is 521 Å². The Balaban J connectivity index is 0.000000234. The van der Waals surface area contributed by atoms with Crippen LogP contribution in [0, 0.1) is 6.92 Å². The van der Waals surface area contributed by atoms with E-state index in [0.29, 0.717) is 32.0 Å². The van der Waals surface area contributed by atoms with Gasteiger partial charge in [-0.1, -0.05) is 50.7 Å². The monoisotopic (exact) mass is 1410 g/mol. The molecule has 0 radical (unpaired) electrons. The summed E-state index contributed by atoms with van der Waals surface area (Å²) < 4.78 is 52.0. The van der Waals surface area contributed by atoms with Crippen molar-refractivity contribution in [1.29, 1.82) is 0 Å². The molecule has 85 heavy (non-hydrogen) atoms. The summed E-state index contributed by atoms with van der Waals surface area (Å²) in [6.07, 6.45) is 35.7. The van der Waals surface area contributed by atoms with Crippen molar-refractivity contribution in [1.82, 2.24) is 45.5 Å². The third-order valence-corrected chi connectivity index (χ3v) is 59.0. The molecule has 1 aliphatic heterocycles. The topological polar surface area (TPSA) is 221 Å². The van der Waals surface area contributed by atoms with Gasteiger partial charge in [0.25, 0.3) is 15.9 Å². The number of sulfonamides is 1. The molecule has 2 aromatic heterocycles. The maximum absolute atomic E-state index is 12.4. The SMILES string of the molecule is CCC[CH2][Sn]([CH2]CCC)([CH2]CCC)[O][Sn]([CH2]CCC)([CH2]CCC)[CH2]CCC.Cc1cnc(C(=O)NCCc2ccc(S(=O)(=O)NC(=O)NC3CCCCC3)cc2)cn1.O=C1CCc2cc(OCCCCc3nnnn3C3CCCCC3)ccc2N1. The third kappa shape index (κ3) is 26.0. The van der Waals surface area contributed by atoms with Gasteiger partial charge in [0, 0.05) is 37.3 Å². The number of fused-ring (bicyclic) bond motifs is 1. The minimum absolute atomic E-state index is 0.00834. The molecular weight excluding hydrogens is 1300 g/mol. The Bertz CT molecular complexity index is 2580. The molecule has 2 saturated carbocycles. The third-order valence-electron chi connectivity index (χ3n) is 17.0. The molecule has 17 nitrogen and oxygen atoms in total. The van der Waals surface area contributed by atoms with Gasteiger partial charge in [-0.2, -0.15) is 0 Å². The molecule has 3 heterocycles. The van der Waals surface area contributed by atoms with Crippen molar-refractivity contribution < 1.29 is 28.9 Å². The van der Waals surface area contributed by atoms with Gasteiger partial charge < -0.3 is 20.7 Å². The number of anilines is 1. The van der Waals surface area contributed by atoms with Gasteiger partial charge in [0.15, 0.2) is 5.82 Å². The molecule has 3 aliphatic rings. The first-order valence-electron chi connectivity index (χ1n) is 33.2. The molecule has 0 bridgehead atoms. The predicted octanol–water partition coefficient (Wildman–Crippen LogP) is 15.2. The van der Waals surface area contributed by atoms with Crippen LogP contribution in [0.1, 0.15) is 241 Å². The fourth-order valence-corrected chi connectivity index (χ4v) is 67.9. The number of aromatic nitrogens is 6. The molecule has 20 heteroatoms. The number of hydrogen-bond acceptors (Lipinski definition) is 12. The zero-order valence-corrected chi connectivity index (χ0v) is 59.8. The predicted molar refractivity (Wildman–Crippen MR) is 348 cm³/mol. The molecule has 2 aromatic carbocycles. The van der Waals surface area contributed by atoms with Gasteiger partial charge in [-0.05, 0) is 110 Å². The van der Waals surface area contributed by atoms with E-state index in [1.807, 2.05) is 18.2 Å². The van der Waals surface area contributed by atoms with E-state index in [2.05, 4.69) is 92.4 Å². The Kier molecular flexibility index (Phi) is 33.7. The number of amides is 4. The number of unbranched alkanes of at least 4 members (excludes halogenated alkanes) is 7. The number of ether oxygens (including phenoxy) is 1. The minimum atomic E-state index is -3.95. The maximum Gasteiger partial charge on any atom is 0.328 e. The van der Waals surface area contributed by atoms with Crippen LogP contribution in [0.4, 0.5) is 10.5 Å². The Morgan fingerprint density at radius 1 is 0.682 bits per heavy atom. The summed E-state index contributed by atoms with van der Waals surface area (Å²) in [5.41, 5.74) is 3.88. The normalized spacial score (nSPS) is 14.9. The first kappa shape index (κ1) is 71.9. The second-order valence-electron chi connectivity index (χ2n) is 24.2. The summed E-state index contributed by atoms with van der Waals surface area (Å²) in [6, 6.07) is 11.9. The number of nitrogens with zero attached hydrogens (tertiary/aromatic N) is 6. The van der Waals surface area contributed by atoms with Crippen LogP contribution in [0.25, 0.3) is 0 Å². The number of carbonyl (C=O) groups is 3. The Morgan fingerprint density at radius 2 is 1.26 bits per heavy atom. The number of urea groups is 1. The second kappa shape index (κ2) is 39.9. The van der Waals surface area contributed by atoms with Crippen LogP contribution in [-0.4, -0.2) is 113 Å². The van der Waals surface area contributed by atoms with E-state index < -0.39 is 53.6 Å². The van der Waals surface area contributed by atoms with Gasteiger partial charge in [-0.25, -0.2) is 27.6 Å². The summed E-state index contributed by atoms with van der Waals surface area (Å²) >= 11 is -4.92. The fraction of sp³-hybridized carbons (Fsp3) is 0.692. The standard InChI is InChI=1S/C21H27N5O4S.C20H27N5O2.6C4H9.O.2Sn/c1-15-13-24-19(14-23-15)20(27)22-12-11-16-7-9-18(10-8-16)31(29,30)26-21(28)25-17-5-3-2-4-6-17;26-20-12-9-15-14-17(10-11-18(15)21-20)27-13-5-4-8-19-22-23-24-25(19)16-6-2-1-3-7-16;6*1-3-4-2;;;/h7-10,13-14,17H,2-6,11-12H2,1H3,(H,22,27)(H2,25,26,28);10-11,14,16H,1-9,12-13H2,(H,21,26);6*1,3-4H2,2H3;;;. The quantitative estimate of drug-likeness (QED) is 0.0253. The number of hydrogen-bond donors (Lipinski definition) is 4. The van der Waals surface area contributed by atoms with E-state index in [0.717, 1.165) is 91.9 Å². The summed E-state index contributed by atoms with van der Waals surface area (Å²) in [5, 5.41) is 20.7.